The number of hydrogen-bond acceptors (Lipinski definition) is 4. The number of ether oxygens (including phenoxy) is 1. The van der Waals surface area contributed by atoms with Gasteiger partial charge in [-0.3, -0.25) is 9.69 Å². The van der Waals surface area contributed by atoms with Crippen LogP contribution in [0.3, 0.4) is 0 Å². The zero-order valence-electron chi connectivity index (χ0n) is 16.4. The van der Waals surface area contributed by atoms with Crippen LogP contribution >= 0.6 is 0 Å². The maximum absolute atomic E-state index is 11.8. The highest BCUT2D eigenvalue weighted by atomic mass is 16.5. The predicted octanol–water partition coefficient (Wildman–Crippen LogP) is 0.903. The van der Waals surface area contributed by atoms with E-state index in [1.54, 1.807) is 25.1 Å². The normalized spacial score (nSPS) is 15.3. The Balaban J connectivity index is 1.78. The van der Waals surface area contributed by atoms with Gasteiger partial charge >= 0.3 is 0 Å². The summed E-state index contributed by atoms with van der Waals surface area (Å²) in [6, 6.07) is 9.89. The summed E-state index contributed by atoms with van der Waals surface area (Å²) in [5.74, 6) is 1.67. The molecular formula is C20H31N5O2. The number of likely N-dealkylation sites (N-methyl/N-ethyl adjacent to an activating group) is 1. The molecule has 1 aliphatic rings. The molecule has 7 heteroatoms. The van der Waals surface area contributed by atoms with Crippen LogP contribution in [-0.4, -0.2) is 93.1 Å². The summed E-state index contributed by atoms with van der Waals surface area (Å²) in [6.07, 6.45) is 1.79. The number of carbonyl (C=O) groups excluding carboxylic acids is 1. The van der Waals surface area contributed by atoms with Crippen molar-refractivity contribution >= 4 is 11.9 Å². The fourth-order valence-electron chi connectivity index (χ4n) is 2.71. The van der Waals surface area contributed by atoms with Gasteiger partial charge in [-0.05, 0) is 12.1 Å². The van der Waals surface area contributed by atoms with Crippen molar-refractivity contribution < 1.29 is 9.53 Å². The molecule has 0 aliphatic carbocycles. The second-order valence-electron chi connectivity index (χ2n) is 6.59. The summed E-state index contributed by atoms with van der Waals surface area (Å²) in [5.41, 5.74) is 0. The number of aliphatic imine (C=N–C) groups is 1. The van der Waals surface area contributed by atoms with E-state index in [0.717, 1.165) is 44.4 Å². The molecule has 27 heavy (non-hydrogen) atoms. The van der Waals surface area contributed by atoms with Crippen molar-refractivity contribution in [3.8, 4) is 5.75 Å². The maximum Gasteiger partial charge on any atom is 0.243 e. The highest BCUT2D eigenvalue weighted by molar-refractivity contribution is 5.85. The van der Waals surface area contributed by atoms with E-state index in [1.165, 1.54) is 0 Å². The van der Waals surface area contributed by atoms with Crippen molar-refractivity contribution in [2.45, 2.75) is 0 Å². The van der Waals surface area contributed by atoms with Gasteiger partial charge in [0, 0.05) is 53.4 Å². The van der Waals surface area contributed by atoms with Crippen LogP contribution in [0.4, 0.5) is 0 Å². The SMILES string of the molecule is C=CCNC(=NCC(=O)N(C)C)N1CCN(CCOc2ccccc2)CC1. The second kappa shape index (κ2) is 11.2. The Bertz CT molecular complexity index is 610. The van der Waals surface area contributed by atoms with Crippen LogP contribution in [0, 0.1) is 0 Å². The first-order valence-electron chi connectivity index (χ1n) is 9.34. The molecule has 2 rings (SSSR count). The zero-order chi connectivity index (χ0) is 19.5. The molecule has 1 aliphatic heterocycles. The lowest BCUT2D eigenvalue weighted by Gasteiger charge is -2.36. The van der Waals surface area contributed by atoms with Gasteiger partial charge in [0.25, 0.3) is 0 Å². The van der Waals surface area contributed by atoms with E-state index in [1.807, 2.05) is 30.3 Å². The van der Waals surface area contributed by atoms with Gasteiger partial charge in [-0.2, -0.15) is 0 Å². The molecule has 1 saturated heterocycles. The Morgan fingerprint density at radius 2 is 1.96 bits per heavy atom. The molecular weight excluding hydrogens is 342 g/mol. The molecule has 1 amide bonds. The fourth-order valence-corrected chi connectivity index (χ4v) is 2.71. The van der Waals surface area contributed by atoms with E-state index in [-0.39, 0.29) is 12.5 Å². The summed E-state index contributed by atoms with van der Waals surface area (Å²) in [4.78, 5) is 22.4. The topological polar surface area (TPSA) is 60.4 Å². The highest BCUT2D eigenvalue weighted by Gasteiger charge is 2.19. The van der Waals surface area contributed by atoms with Crippen LogP contribution in [0.2, 0.25) is 0 Å². The molecule has 0 spiro atoms. The summed E-state index contributed by atoms with van der Waals surface area (Å²) < 4.78 is 5.78. The molecule has 0 radical (unpaired) electrons. The van der Waals surface area contributed by atoms with Crippen LogP contribution < -0.4 is 10.1 Å². The van der Waals surface area contributed by atoms with E-state index < -0.39 is 0 Å². The van der Waals surface area contributed by atoms with E-state index in [2.05, 4.69) is 26.7 Å². The first-order chi connectivity index (χ1) is 13.1. The van der Waals surface area contributed by atoms with Crippen molar-refractivity contribution in [1.29, 1.82) is 0 Å². The standard InChI is InChI=1S/C20H31N5O2/c1-4-10-21-20(22-17-19(26)23(2)3)25-13-11-24(12-14-25)15-16-27-18-8-6-5-7-9-18/h4-9H,1,10-17H2,2-3H3,(H,21,22). The molecule has 0 bridgehead atoms. The van der Waals surface area contributed by atoms with E-state index in [9.17, 15) is 4.79 Å². The van der Waals surface area contributed by atoms with Crippen LogP contribution in [-0.2, 0) is 4.79 Å². The third-order valence-corrected chi connectivity index (χ3v) is 4.36. The van der Waals surface area contributed by atoms with Gasteiger partial charge in [0.2, 0.25) is 5.91 Å². The van der Waals surface area contributed by atoms with Gasteiger partial charge in [-0.15, -0.1) is 6.58 Å². The van der Waals surface area contributed by atoms with Gasteiger partial charge in [-0.1, -0.05) is 24.3 Å². The van der Waals surface area contributed by atoms with Crippen LogP contribution in [0.15, 0.2) is 48.0 Å². The smallest absolute Gasteiger partial charge is 0.243 e. The van der Waals surface area contributed by atoms with Gasteiger partial charge in [0.1, 0.15) is 18.9 Å². The number of nitrogens with one attached hydrogen (secondary N) is 1. The Hall–Kier alpha value is -2.54. The van der Waals surface area contributed by atoms with E-state index in [0.29, 0.717) is 13.2 Å². The molecule has 148 valence electrons. The molecule has 1 N–H and O–H groups in total. The van der Waals surface area contributed by atoms with Crippen molar-refractivity contribution in [2.75, 3.05) is 66.5 Å². The van der Waals surface area contributed by atoms with Crippen LogP contribution in [0.1, 0.15) is 0 Å². The predicted molar refractivity (Wildman–Crippen MR) is 109 cm³/mol. The number of hydrogen-bond donors (Lipinski definition) is 1. The van der Waals surface area contributed by atoms with Gasteiger partial charge in [0.15, 0.2) is 5.96 Å². The first-order valence-corrected chi connectivity index (χ1v) is 9.34. The molecule has 0 aromatic heterocycles. The minimum atomic E-state index is -0.00963. The number of guanidine groups is 1. The Labute approximate surface area is 162 Å². The molecule has 0 saturated carbocycles. The number of amides is 1. The zero-order valence-corrected chi connectivity index (χ0v) is 16.4. The number of rotatable bonds is 8. The lowest BCUT2D eigenvalue weighted by Crippen LogP contribution is -2.53. The van der Waals surface area contributed by atoms with Crippen molar-refractivity contribution in [1.82, 2.24) is 20.0 Å². The number of carbonyl (C=O) groups is 1. The van der Waals surface area contributed by atoms with Gasteiger partial charge in [-0.25, -0.2) is 4.99 Å². The molecule has 1 aromatic rings. The number of nitrogens with zero attached hydrogens (tertiary/aromatic N) is 4. The number of benzene rings is 1. The third kappa shape index (κ3) is 7.30. The number of para-hydroxylation sites is 1. The lowest BCUT2D eigenvalue weighted by molar-refractivity contribution is -0.127. The molecule has 1 aromatic carbocycles. The Kier molecular flexibility index (Phi) is 8.64. The monoisotopic (exact) mass is 373 g/mol. The average Bonchev–Trinajstić information content (AvgIpc) is 2.69. The maximum atomic E-state index is 11.8. The van der Waals surface area contributed by atoms with Crippen molar-refractivity contribution in [3.05, 3.63) is 43.0 Å². The third-order valence-electron chi connectivity index (χ3n) is 4.36. The second-order valence-corrected chi connectivity index (χ2v) is 6.59. The van der Waals surface area contributed by atoms with Crippen molar-refractivity contribution in [2.24, 2.45) is 4.99 Å². The largest absolute Gasteiger partial charge is 0.492 e. The summed E-state index contributed by atoms with van der Waals surface area (Å²) in [5, 5.41) is 3.26. The highest BCUT2D eigenvalue weighted by Crippen LogP contribution is 2.08. The molecule has 7 nitrogen and oxygen atoms in total. The minimum Gasteiger partial charge on any atom is -0.492 e. The summed E-state index contributed by atoms with van der Waals surface area (Å²) in [6.45, 7) is 9.70. The molecule has 0 atom stereocenters. The van der Waals surface area contributed by atoms with Crippen LogP contribution in [0.5, 0.6) is 5.75 Å². The Morgan fingerprint density at radius 1 is 1.26 bits per heavy atom. The summed E-state index contributed by atoms with van der Waals surface area (Å²) >= 11 is 0. The van der Waals surface area contributed by atoms with Crippen molar-refractivity contribution in [3.63, 3.8) is 0 Å². The molecule has 0 unspecified atom stereocenters. The molecule has 1 fully saturated rings. The summed E-state index contributed by atoms with van der Waals surface area (Å²) in [7, 11) is 3.48. The first kappa shape index (κ1) is 20.8. The minimum absolute atomic E-state index is 0.00963. The van der Waals surface area contributed by atoms with E-state index >= 15 is 0 Å². The quantitative estimate of drug-likeness (QED) is 0.417. The average molecular weight is 374 g/mol. The Morgan fingerprint density at radius 3 is 2.59 bits per heavy atom. The van der Waals surface area contributed by atoms with Gasteiger partial charge in [0.05, 0.1) is 0 Å². The van der Waals surface area contributed by atoms with E-state index in [4.69, 9.17) is 4.74 Å². The fraction of sp³-hybridized carbons (Fsp3) is 0.500. The number of piperazine rings is 1. The van der Waals surface area contributed by atoms with Gasteiger partial charge < -0.3 is 19.9 Å². The van der Waals surface area contributed by atoms with Crippen LogP contribution in [0.25, 0.3) is 0 Å². The molecule has 1 heterocycles. The lowest BCUT2D eigenvalue weighted by atomic mass is 10.3.